The molecule has 25 heavy (non-hydrogen) atoms. The van der Waals surface area contributed by atoms with Gasteiger partial charge in [-0.15, -0.1) is 0 Å². The fourth-order valence-electron chi connectivity index (χ4n) is 3.94. The van der Waals surface area contributed by atoms with E-state index in [1.54, 1.807) is 0 Å². The van der Waals surface area contributed by atoms with Gasteiger partial charge >= 0.3 is 6.03 Å². The summed E-state index contributed by atoms with van der Waals surface area (Å²) in [5.74, 6) is 0.691. The predicted molar refractivity (Wildman–Crippen MR) is 95.5 cm³/mol. The van der Waals surface area contributed by atoms with Crippen LogP contribution in [-0.2, 0) is 4.79 Å². The van der Waals surface area contributed by atoms with Gasteiger partial charge in [-0.2, -0.15) is 0 Å². The van der Waals surface area contributed by atoms with Gasteiger partial charge in [0, 0.05) is 5.39 Å². The van der Waals surface area contributed by atoms with Crippen LogP contribution in [0.25, 0.3) is 10.8 Å². The molecule has 2 aliphatic rings. The molecule has 1 aliphatic carbocycles. The number of nitrogens with zero attached hydrogens (tertiary/aromatic N) is 1. The molecule has 0 radical (unpaired) electrons. The molecule has 4 rings (SSSR count). The Morgan fingerprint density at radius 2 is 1.76 bits per heavy atom. The summed E-state index contributed by atoms with van der Waals surface area (Å²) in [6.45, 7) is 0.568. The van der Waals surface area contributed by atoms with Crippen molar-refractivity contribution in [3.63, 3.8) is 0 Å². The lowest BCUT2D eigenvalue weighted by molar-refractivity contribution is -0.132. The second-order valence-electron chi connectivity index (χ2n) is 6.86. The summed E-state index contributed by atoms with van der Waals surface area (Å²) in [5.41, 5.74) is -0.658. The van der Waals surface area contributed by atoms with Gasteiger partial charge < -0.3 is 10.1 Å². The average molecular weight is 338 g/mol. The van der Waals surface area contributed by atoms with E-state index in [1.807, 2.05) is 42.5 Å². The molecule has 2 aromatic rings. The largest absolute Gasteiger partial charge is 0.491 e. The van der Waals surface area contributed by atoms with Crippen LogP contribution in [0, 0.1) is 0 Å². The molecule has 1 N–H and O–H groups in total. The first-order valence-corrected chi connectivity index (χ1v) is 8.94. The number of amides is 3. The molecule has 3 amide bonds. The van der Waals surface area contributed by atoms with E-state index >= 15 is 0 Å². The van der Waals surface area contributed by atoms with Crippen LogP contribution in [0.4, 0.5) is 4.79 Å². The van der Waals surface area contributed by atoms with Crippen LogP contribution in [0.2, 0.25) is 0 Å². The lowest BCUT2D eigenvalue weighted by Gasteiger charge is -2.30. The molecule has 1 aliphatic heterocycles. The van der Waals surface area contributed by atoms with Gasteiger partial charge in [-0.05, 0) is 24.3 Å². The SMILES string of the molecule is O=C1NC2(CCCCC2)C(=O)N1CCOc1cccc2ccccc12. The minimum Gasteiger partial charge on any atom is -0.491 e. The molecular formula is C20H22N2O3. The number of hydrogen-bond donors (Lipinski definition) is 1. The minimum absolute atomic E-state index is 0.0845. The maximum absolute atomic E-state index is 12.7. The molecule has 0 unspecified atom stereocenters. The summed E-state index contributed by atoms with van der Waals surface area (Å²) in [6.07, 6.45) is 4.62. The van der Waals surface area contributed by atoms with Crippen molar-refractivity contribution in [2.45, 2.75) is 37.6 Å². The molecule has 1 saturated carbocycles. The summed E-state index contributed by atoms with van der Waals surface area (Å²) >= 11 is 0. The first-order chi connectivity index (χ1) is 12.2. The zero-order chi connectivity index (χ0) is 17.3. The smallest absolute Gasteiger partial charge is 0.325 e. The van der Waals surface area contributed by atoms with Gasteiger partial charge in [0.05, 0.1) is 6.54 Å². The molecule has 0 aromatic heterocycles. The Morgan fingerprint density at radius 1 is 1.00 bits per heavy atom. The Hall–Kier alpha value is -2.56. The van der Waals surface area contributed by atoms with E-state index < -0.39 is 5.54 Å². The number of imide groups is 1. The third kappa shape index (κ3) is 2.84. The van der Waals surface area contributed by atoms with Gasteiger partial charge in [0.15, 0.2) is 0 Å². The molecule has 0 bridgehead atoms. The zero-order valence-electron chi connectivity index (χ0n) is 14.2. The molecule has 5 nitrogen and oxygen atoms in total. The molecule has 0 atom stereocenters. The maximum Gasteiger partial charge on any atom is 0.325 e. The van der Waals surface area contributed by atoms with E-state index in [0.717, 1.165) is 48.6 Å². The van der Waals surface area contributed by atoms with Crippen molar-refractivity contribution in [2.24, 2.45) is 0 Å². The van der Waals surface area contributed by atoms with E-state index in [-0.39, 0.29) is 18.5 Å². The van der Waals surface area contributed by atoms with Crippen LogP contribution < -0.4 is 10.1 Å². The first-order valence-electron chi connectivity index (χ1n) is 8.94. The molecule has 1 heterocycles. The number of nitrogens with one attached hydrogen (secondary N) is 1. The van der Waals surface area contributed by atoms with E-state index in [2.05, 4.69) is 5.32 Å². The highest BCUT2D eigenvalue weighted by Gasteiger charge is 2.50. The second-order valence-corrected chi connectivity index (χ2v) is 6.86. The number of benzene rings is 2. The van der Waals surface area contributed by atoms with Crippen LogP contribution >= 0.6 is 0 Å². The zero-order valence-corrected chi connectivity index (χ0v) is 14.2. The third-order valence-corrected chi connectivity index (χ3v) is 5.28. The second kappa shape index (κ2) is 6.39. The van der Waals surface area contributed by atoms with Crippen molar-refractivity contribution >= 4 is 22.7 Å². The van der Waals surface area contributed by atoms with Crippen molar-refractivity contribution in [2.75, 3.05) is 13.2 Å². The summed E-state index contributed by atoms with van der Waals surface area (Å²) in [4.78, 5) is 26.3. The van der Waals surface area contributed by atoms with E-state index in [1.165, 1.54) is 4.90 Å². The number of hydrogen-bond acceptors (Lipinski definition) is 3. The van der Waals surface area contributed by atoms with Crippen molar-refractivity contribution in [3.05, 3.63) is 42.5 Å². The van der Waals surface area contributed by atoms with Crippen molar-refractivity contribution in [1.82, 2.24) is 10.2 Å². The van der Waals surface area contributed by atoms with Gasteiger partial charge in [0.1, 0.15) is 17.9 Å². The number of ether oxygens (including phenoxy) is 1. The molecule has 130 valence electrons. The topological polar surface area (TPSA) is 58.6 Å². The average Bonchev–Trinajstić information content (AvgIpc) is 2.86. The summed E-state index contributed by atoms with van der Waals surface area (Å²) < 4.78 is 5.88. The Bertz CT molecular complexity index is 806. The maximum atomic E-state index is 12.7. The monoisotopic (exact) mass is 338 g/mol. The summed E-state index contributed by atoms with van der Waals surface area (Å²) in [6, 6.07) is 13.6. The van der Waals surface area contributed by atoms with Gasteiger partial charge in [-0.25, -0.2) is 4.79 Å². The van der Waals surface area contributed by atoms with Crippen molar-refractivity contribution in [1.29, 1.82) is 0 Å². The van der Waals surface area contributed by atoms with Gasteiger partial charge in [0.25, 0.3) is 5.91 Å². The lowest BCUT2D eigenvalue weighted by Crippen LogP contribution is -2.48. The normalized spacial score (nSPS) is 19.4. The standard InChI is InChI=1S/C20H22N2O3/c23-18-20(11-4-1-5-12-20)21-19(24)22(18)13-14-25-17-10-6-8-15-7-2-3-9-16(15)17/h2-3,6-10H,1,4-5,11-14H2,(H,21,24). The quantitative estimate of drug-likeness (QED) is 0.869. The fraction of sp³-hybridized carbons (Fsp3) is 0.400. The number of carbonyl (C=O) groups excluding carboxylic acids is 2. The van der Waals surface area contributed by atoms with E-state index in [4.69, 9.17) is 4.74 Å². The number of carbonyl (C=O) groups is 2. The molecule has 5 heteroatoms. The van der Waals surface area contributed by atoms with Crippen LogP contribution in [0.3, 0.4) is 0 Å². The first kappa shape index (κ1) is 15.9. The number of urea groups is 1. The van der Waals surface area contributed by atoms with Gasteiger partial charge in [-0.1, -0.05) is 55.7 Å². The molecule has 1 saturated heterocycles. The summed E-state index contributed by atoms with van der Waals surface area (Å²) in [7, 11) is 0. The van der Waals surface area contributed by atoms with E-state index in [0.29, 0.717) is 6.61 Å². The molecule has 2 fully saturated rings. The lowest BCUT2D eigenvalue weighted by atomic mass is 9.82. The fourth-order valence-corrected chi connectivity index (χ4v) is 3.94. The highest BCUT2D eigenvalue weighted by Crippen LogP contribution is 2.33. The van der Waals surface area contributed by atoms with E-state index in [9.17, 15) is 9.59 Å². The molecular weight excluding hydrogens is 316 g/mol. The highest BCUT2D eigenvalue weighted by atomic mass is 16.5. The Balaban J connectivity index is 1.43. The minimum atomic E-state index is -0.658. The van der Waals surface area contributed by atoms with Crippen molar-refractivity contribution < 1.29 is 14.3 Å². The molecule has 2 aromatic carbocycles. The third-order valence-electron chi connectivity index (χ3n) is 5.28. The van der Waals surface area contributed by atoms with Gasteiger partial charge in [0.2, 0.25) is 0 Å². The van der Waals surface area contributed by atoms with Crippen LogP contribution in [0.5, 0.6) is 5.75 Å². The highest BCUT2D eigenvalue weighted by molar-refractivity contribution is 6.07. The summed E-state index contributed by atoms with van der Waals surface area (Å²) in [5, 5.41) is 5.07. The number of fused-ring (bicyclic) bond motifs is 1. The Kier molecular flexibility index (Phi) is 4.07. The van der Waals surface area contributed by atoms with Crippen LogP contribution in [-0.4, -0.2) is 35.5 Å². The Labute approximate surface area is 146 Å². The predicted octanol–water partition coefficient (Wildman–Crippen LogP) is 3.47. The van der Waals surface area contributed by atoms with Crippen LogP contribution in [0.15, 0.2) is 42.5 Å². The van der Waals surface area contributed by atoms with Gasteiger partial charge in [-0.3, -0.25) is 9.69 Å². The van der Waals surface area contributed by atoms with Crippen molar-refractivity contribution in [3.8, 4) is 5.75 Å². The Morgan fingerprint density at radius 3 is 2.60 bits per heavy atom. The van der Waals surface area contributed by atoms with Crippen LogP contribution in [0.1, 0.15) is 32.1 Å². The number of rotatable bonds is 4. The molecule has 1 spiro atoms.